The molecule has 3 aromatic heterocycles. The number of thiophene rings is 1. The minimum atomic E-state index is 0.726. The molecule has 0 aliphatic heterocycles. The predicted molar refractivity (Wildman–Crippen MR) is 193 cm³/mol. The van der Waals surface area contributed by atoms with Gasteiger partial charge in [0.1, 0.15) is 0 Å². The van der Waals surface area contributed by atoms with E-state index in [1.807, 2.05) is 23.5 Å². The van der Waals surface area contributed by atoms with Crippen molar-refractivity contribution in [3.63, 3.8) is 0 Å². The molecule has 3 nitrogen and oxygen atoms in total. The molecule has 0 aliphatic rings. The smallest absolute Gasteiger partial charge is 0.160 e. The van der Waals surface area contributed by atoms with E-state index >= 15 is 0 Å². The highest BCUT2D eigenvalue weighted by molar-refractivity contribution is 7.26. The van der Waals surface area contributed by atoms with Crippen LogP contribution in [0.4, 0.5) is 0 Å². The Kier molecular flexibility index (Phi) is 6.32. The third kappa shape index (κ3) is 4.50. The molecule has 9 aromatic rings. The molecule has 0 unspecified atom stereocenters. The zero-order valence-electron chi connectivity index (χ0n) is 24.8. The lowest BCUT2D eigenvalue weighted by molar-refractivity contribution is 1.18. The van der Waals surface area contributed by atoms with Gasteiger partial charge in [0.2, 0.25) is 0 Å². The molecule has 0 saturated heterocycles. The van der Waals surface area contributed by atoms with Gasteiger partial charge in [0.15, 0.2) is 5.82 Å². The van der Waals surface area contributed by atoms with E-state index in [-0.39, 0.29) is 0 Å². The van der Waals surface area contributed by atoms with Crippen LogP contribution in [0.15, 0.2) is 164 Å². The molecule has 4 heteroatoms. The third-order valence-electron chi connectivity index (χ3n) is 8.63. The Balaban J connectivity index is 1.21. The van der Waals surface area contributed by atoms with Crippen LogP contribution in [0, 0.1) is 0 Å². The zero-order valence-corrected chi connectivity index (χ0v) is 25.7. The molecule has 0 atom stereocenters. The monoisotopic (exact) mass is 605 g/mol. The molecular weight excluding hydrogens is 579 g/mol. The number of benzene rings is 6. The standard InChI is InChI=1S/C42H27N3S/c1-4-12-28(13-5-1)29-20-23-33(24-21-29)45-38-19-11-10-18-34(38)41-40(45)35-25-22-32(26-39(35)46-41)42-43-36(30-14-6-2-7-15-30)27-37(44-42)31-16-8-3-9-17-31/h1-27H. The summed E-state index contributed by atoms with van der Waals surface area (Å²) in [4.78, 5) is 10.2. The molecule has 0 N–H and O–H groups in total. The maximum absolute atomic E-state index is 5.08. The molecule has 0 saturated carbocycles. The first-order valence-corrected chi connectivity index (χ1v) is 16.2. The molecule has 216 valence electrons. The number of aromatic nitrogens is 3. The summed E-state index contributed by atoms with van der Waals surface area (Å²) in [5.41, 5.74) is 11.0. The van der Waals surface area contributed by atoms with E-state index in [9.17, 15) is 0 Å². The van der Waals surface area contributed by atoms with E-state index in [4.69, 9.17) is 9.97 Å². The van der Waals surface area contributed by atoms with E-state index < -0.39 is 0 Å². The lowest BCUT2D eigenvalue weighted by atomic mass is 10.1. The summed E-state index contributed by atoms with van der Waals surface area (Å²) in [7, 11) is 0. The minimum absolute atomic E-state index is 0.726. The Morgan fingerprint density at radius 1 is 0.435 bits per heavy atom. The average molecular weight is 606 g/mol. The van der Waals surface area contributed by atoms with Gasteiger partial charge in [-0.15, -0.1) is 11.3 Å². The molecule has 9 rings (SSSR count). The molecule has 0 aliphatic carbocycles. The highest BCUT2D eigenvalue weighted by Gasteiger charge is 2.19. The van der Waals surface area contributed by atoms with Crippen LogP contribution in [0.2, 0.25) is 0 Å². The highest BCUT2D eigenvalue weighted by Crippen LogP contribution is 2.43. The van der Waals surface area contributed by atoms with Crippen molar-refractivity contribution < 1.29 is 0 Å². The lowest BCUT2D eigenvalue weighted by Crippen LogP contribution is -1.96. The molecular formula is C42H27N3S. The Morgan fingerprint density at radius 2 is 0.978 bits per heavy atom. The Morgan fingerprint density at radius 3 is 1.63 bits per heavy atom. The van der Waals surface area contributed by atoms with Crippen LogP contribution in [0.3, 0.4) is 0 Å². The number of nitrogens with zero attached hydrogens (tertiary/aromatic N) is 3. The molecule has 6 aromatic carbocycles. The molecule has 0 amide bonds. The largest absolute Gasteiger partial charge is 0.308 e. The van der Waals surface area contributed by atoms with E-state index in [0.717, 1.165) is 39.6 Å². The SMILES string of the molecule is c1ccc(-c2ccc(-n3c4ccccc4c4sc5cc(-c6nc(-c7ccccc7)cc(-c7ccccc7)n6)ccc5c43)cc2)cc1. The maximum Gasteiger partial charge on any atom is 0.160 e. The molecule has 0 fully saturated rings. The molecule has 46 heavy (non-hydrogen) atoms. The fraction of sp³-hybridized carbons (Fsp3) is 0. The second-order valence-electron chi connectivity index (χ2n) is 11.5. The number of hydrogen-bond acceptors (Lipinski definition) is 3. The summed E-state index contributed by atoms with van der Waals surface area (Å²) in [6.07, 6.45) is 0. The molecule has 0 spiro atoms. The summed E-state index contributed by atoms with van der Waals surface area (Å²) in [6, 6.07) is 57.6. The van der Waals surface area contributed by atoms with E-state index in [1.165, 1.54) is 42.3 Å². The number of para-hydroxylation sites is 1. The van der Waals surface area contributed by atoms with Gasteiger partial charge in [0, 0.05) is 37.9 Å². The highest BCUT2D eigenvalue weighted by atomic mass is 32.1. The van der Waals surface area contributed by atoms with Gasteiger partial charge >= 0.3 is 0 Å². The minimum Gasteiger partial charge on any atom is -0.308 e. The van der Waals surface area contributed by atoms with Crippen LogP contribution in [0.1, 0.15) is 0 Å². The number of fused-ring (bicyclic) bond motifs is 5. The second kappa shape index (κ2) is 11.0. The Bertz CT molecular complexity index is 2440. The van der Waals surface area contributed by atoms with Gasteiger partial charge in [0.25, 0.3) is 0 Å². The lowest BCUT2D eigenvalue weighted by Gasteiger charge is -2.11. The zero-order chi connectivity index (χ0) is 30.5. The Labute approximate surface area is 270 Å². The first-order valence-electron chi connectivity index (χ1n) is 15.4. The molecule has 0 bridgehead atoms. The van der Waals surface area contributed by atoms with Crippen LogP contribution in [-0.4, -0.2) is 14.5 Å². The van der Waals surface area contributed by atoms with Crippen molar-refractivity contribution in [2.45, 2.75) is 0 Å². The molecule has 0 radical (unpaired) electrons. The predicted octanol–water partition coefficient (Wildman–Crippen LogP) is 11.5. The normalized spacial score (nSPS) is 11.5. The van der Waals surface area contributed by atoms with Gasteiger partial charge in [0.05, 0.1) is 27.1 Å². The van der Waals surface area contributed by atoms with Gasteiger partial charge in [-0.2, -0.15) is 0 Å². The van der Waals surface area contributed by atoms with E-state index in [0.29, 0.717) is 0 Å². The summed E-state index contributed by atoms with van der Waals surface area (Å²) >= 11 is 1.84. The number of hydrogen-bond donors (Lipinski definition) is 0. The van der Waals surface area contributed by atoms with Gasteiger partial charge < -0.3 is 4.57 Å². The van der Waals surface area contributed by atoms with Crippen molar-refractivity contribution in [1.29, 1.82) is 0 Å². The third-order valence-corrected chi connectivity index (χ3v) is 9.81. The van der Waals surface area contributed by atoms with Crippen LogP contribution in [0.5, 0.6) is 0 Å². The van der Waals surface area contributed by atoms with Gasteiger partial charge in [-0.25, -0.2) is 9.97 Å². The van der Waals surface area contributed by atoms with Crippen molar-refractivity contribution in [2.24, 2.45) is 0 Å². The quantitative estimate of drug-likeness (QED) is 0.195. The van der Waals surface area contributed by atoms with E-state index in [1.54, 1.807) is 0 Å². The van der Waals surface area contributed by atoms with Crippen LogP contribution in [0.25, 0.3) is 81.9 Å². The topological polar surface area (TPSA) is 30.7 Å². The van der Waals surface area contributed by atoms with Crippen molar-refractivity contribution >= 4 is 42.5 Å². The van der Waals surface area contributed by atoms with Gasteiger partial charge in [-0.3, -0.25) is 0 Å². The summed E-state index contributed by atoms with van der Waals surface area (Å²) in [5, 5.41) is 2.50. The average Bonchev–Trinajstić information content (AvgIpc) is 3.67. The summed E-state index contributed by atoms with van der Waals surface area (Å²) in [5.74, 6) is 0.726. The van der Waals surface area contributed by atoms with Crippen molar-refractivity contribution in [2.75, 3.05) is 0 Å². The van der Waals surface area contributed by atoms with Crippen LogP contribution in [-0.2, 0) is 0 Å². The number of rotatable bonds is 5. The van der Waals surface area contributed by atoms with Crippen molar-refractivity contribution in [3.8, 4) is 50.7 Å². The van der Waals surface area contributed by atoms with Gasteiger partial charge in [-0.1, -0.05) is 133 Å². The van der Waals surface area contributed by atoms with Crippen LogP contribution < -0.4 is 0 Å². The Hall–Kier alpha value is -5.84. The summed E-state index contributed by atoms with van der Waals surface area (Å²) in [6.45, 7) is 0. The fourth-order valence-electron chi connectivity index (χ4n) is 6.40. The van der Waals surface area contributed by atoms with Crippen molar-refractivity contribution in [1.82, 2.24) is 14.5 Å². The van der Waals surface area contributed by atoms with Gasteiger partial charge in [-0.05, 0) is 41.5 Å². The first kappa shape index (κ1) is 26.6. The van der Waals surface area contributed by atoms with E-state index in [2.05, 4.69) is 156 Å². The first-order chi connectivity index (χ1) is 22.8. The fourth-order valence-corrected chi connectivity index (χ4v) is 7.66. The second-order valence-corrected chi connectivity index (χ2v) is 12.5. The maximum atomic E-state index is 5.08. The van der Waals surface area contributed by atoms with Crippen LogP contribution >= 0.6 is 11.3 Å². The van der Waals surface area contributed by atoms with Crippen molar-refractivity contribution in [3.05, 3.63) is 164 Å². The molecule has 3 heterocycles. The summed E-state index contributed by atoms with van der Waals surface area (Å²) < 4.78 is 4.93.